The minimum atomic E-state index is -3.75. The van der Waals surface area contributed by atoms with E-state index in [1.54, 1.807) is 12.1 Å². The van der Waals surface area contributed by atoms with Crippen molar-refractivity contribution in [2.24, 2.45) is 4.99 Å². The Hall–Kier alpha value is -3.53. The molecule has 9 nitrogen and oxygen atoms in total. The summed E-state index contributed by atoms with van der Waals surface area (Å²) in [7, 11) is -3.75. The number of nitrogens with zero attached hydrogens (tertiary/aromatic N) is 3. The van der Waals surface area contributed by atoms with Crippen molar-refractivity contribution < 1.29 is 17.6 Å². The minimum absolute atomic E-state index is 0.0598. The number of benzene rings is 2. The van der Waals surface area contributed by atoms with Crippen LogP contribution in [0.3, 0.4) is 0 Å². The molecule has 3 aromatic rings. The number of amidine groups is 1. The van der Waals surface area contributed by atoms with Gasteiger partial charge in [-0.1, -0.05) is 23.8 Å². The van der Waals surface area contributed by atoms with E-state index >= 15 is 0 Å². The van der Waals surface area contributed by atoms with Gasteiger partial charge in [0.05, 0.1) is 4.90 Å². The van der Waals surface area contributed by atoms with Gasteiger partial charge in [0.15, 0.2) is 0 Å². The summed E-state index contributed by atoms with van der Waals surface area (Å²) < 4.78 is 33.2. The molecule has 1 aromatic heterocycles. The van der Waals surface area contributed by atoms with Gasteiger partial charge < -0.3 is 9.73 Å². The molecule has 0 radical (unpaired) electrons. The molecule has 0 atom stereocenters. The van der Waals surface area contributed by atoms with Crippen molar-refractivity contribution in [3.05, 3.63) is 60.0 Å². The Morgan fingerprint density at radius 3 is 2.69 bits per heavy atom. The Labute approximate surface area is 186 Å². The Morgan fingerprint density at radius 2 is 1.94 bits per heavy atom. The molecule has 0 saturated heterocycles. The first-order valence-corrected chi connectivity index (χ1v) is 11.7. The Bertz CT molecular complexity index is 1250. The number of rotatable bonds is 7. The van der Waals surface area contributed by atoms with E-state index in [0.717, 1.165) is 17.5 Å². The first kappa shape index (κ1) is 21.7. The second kappa shape index (κ2) is 9.31. The van der Waals surface area contributed by atoms with Crippen molar-refractivity contribution in [1.29, 1.82) is 0 Å². The van der Waals surface area contributed by atoms with Crippen LogP contribution in [0.1, 0.15) is 30.7 Å². The average Bonchev–Trinajstić information content (AvgIpc) is 3.45. The molecule has 10 heteroatoms. The molecule has 0 fully saturated rings. The number of aryl methyl sites for hydroxylation is 2. The standard InChI is InChI=1S/C22H23N5O4S/c1-15-7-9-16(10-8-15)22-26-25-21(31-22)12-11-20(28)24-17-4-2-5-18(14-17)32(29,30)27-19-6-3-13-23-19/h2,4-5,7-10,14H,3,6,11-13H2,1H3,(H,23,27)(H,24,28). The summed E-state index contributed by atoms with van der Waals surface area (Å²) in [5.74, 6) is 0.929. The lowest BCUT2D eigenvalue weighted by Gasteiger charge is -2.10. The van der Waals surface area contributed by atoms with E-state index in [4.69, 9.17) is 4.42 Å². The summed E-state index contributed by atoms with van der Waals surface area (Å²) in [5, 5.41) is 10.7. The summed E-state index contributed by atoms with van der Waals surface area (Å²) in [6, 6.07) is 13.8. The van der Waals surface area contributed by atoms with Crippen LogP contribution in [0.5, 0.6) is 0 Å². The molecular formula is C22H23N5O4S. The second-order valence-electron chi connectivity index (χ2n) is 7.48. The van der Waals surface area contributed by atoms with Crippen LogP contribution in [0.2, 0.25) is 0 Å². The molecule has 0 bridgehead atoms. The normalized spacial score (nSPS) is 13.6. The maximum absolute atomic E-state index is 12.5. The van der Waals surface area contributed by atoms with Gasteiger partial charge in [-0.3, -0.25) is 14.5 Å². The first-order valence-electron chi connectivity index (χ1n) is 10.2. The van der Waals surface area contributed by atoms with E-state index in [1.807, 2.05) is 31.2 Å². The number of aliphatic imine (C=N–C) groups is 1. The van der Waals surface area contributed by atoms with Crippen molar-refractivity contribution in [2.45, 2.75) is 37.5 Å². The fourth-order valence-corrected chi connectivity index (χ4v) is 4.32. The number of anilines is 1. The number of nitrogens with one attached hydrogen (secondary N) is 2. The van der Waals surface area contributed by atoms with Crippen LogP contribution in [0.4, 0.5) is 5.69 Å². The van der Waals surface area contributed by atoms with Gasteiger partial charge in [-0.15, -0.1) is 10.2 Å². The van der Waals surface area contributed by atoms with Gasteiger partial charge in [-0.25, -0.2) is 8.42 Å². The van der Waals surface area contributed by atoms with Crippen LogP contribution in [-0.4, -0.2) is 36.9 Å². The average molecular weight is 454 g/mol. The molecule has 0 aliphatic carbocycles. The molecule has 1 amide bonds. The van der Waals surface area contributed by atoms with E-state index in [0.29, 0.717) is 36.3 Å². The lowest BCUT2D eigenvalue weighted by atomic mass is 10.1. The monoisotopic (exact) mass is 453 g/mol. The van der Waals surface area contributed by atoms with Crippen LogP contribution in [0, 0.1) is 6.92 Å². The Balaban J connectivity index is 1.34. The number of hydrogen-bond acceptors (Lipinski definition) is 7. The lowest BCUT2D eigenvalue weighted by molar-refractivity contribution is -0.116. The van der Waals surface area contributed by atoms with Gasteiger partial charge in [0, 0.05) is 37.1 Å². The second-order valence-corrected chi connectivity index (χ2v) is 9.16. The molecule has 1 aliphatic heterocycles. The van der Waals surface area contributed by atoms with E-state index in [-0.39, 0.29) is 23.6 Å². The highest BCUT2D eigenvalue weighted by molar-refractivity contribution is 7.90. The van der Waals surface area contributed by atoms with Gasteiger partial charge >= 0.3 is 0 Å². The highest BCUT2D eigenvalue weighted by Crippen LogP contribution is 2.20. The number of carbonyl (C=O) groups excluding carboxylic acids is 1. The SMILES string of the molecule is Cc1ccc(-c2nnc(CCC(=O)Nc3cccc(S(=O)(=O)NC4=NCCC4)c3)o2)cc1. The summed E-state index contributed by atoms with van der Waals surface area (Å²) in [6.07, 6.45) is 1.82. The van der Waals surface area contributed by atoms with Gasteiger partial charge in [0.25, 0.3) is 10.0 Å². The third-order valence-electron chi connectivity index (χ3n) is 4.89. The molecule has 166 valence electrons. The van der Waals surface area contributed by atoms with Crippen LogP contribution >= 0.6 is 0 Å². The number of hydrogen-bond donors (Lipinski definition) is 2. The fourth-order valence-electron chi connectivity index (χ4n) is 3.19. The fraction of sp³-hybridized carbons (Fsp3) is 0.273. The predicted molar refractivity (Wildman–Crippen MR) is 120 cm³/mol. The molecule has 0 spiro atoms. The molecule has 2 heterocycles. The topological polar surface area (TPSA) is 127 Å². The molecule has 32 heavy (non-hydrogen) atoms. The van der Waals surface area contributed by atoms with Crippen molar-refractivity contribution >= 4 is 27.5 Å². The zero-order valence-electron chi connectivity index (χ0n) is 17.5. The van der Waals surface area contributed by atoms with Gasteiger partial charge in [0.2, 0.25) is 17.7 Å². The highest BCUT2D eigenvalue weighted by Gasteiger charge is 2.19. The predicted octanol–water partition coefficient (Wildman–Crippen LogP) is 3.09. The molecule has 0 saturated carbocycles. The molecule has 4 rings (SSSR count). The lowest BCUT2D eigenvalue weighted by Crippen LogP contribution is -2.29. The van der Waals surface area contributed by atoms with Gasteiger partial charge in [-0.2, -0.15) is 0 Å². The zero-order valence-corrected chi connectivity index (χ0v) is 18.4. The summed E-state index contributed by atoms with van der Waals surface area (Å²) in [5.41, 5.74) is 2.33. The van der Waals surface area contributed by atoms with Gasteiger partial charge in [0.1, 0.15) is 5.84 Å². The number of carbonyl (C=O) groups is 1. The summed E-state index contributed by atoms with van der Waals surface area (Å²) >= 11 is 0. The van der Waals surface area contributed by atoms with E-state index in [9.17, 15) is 13.2 Å². The largest absolute Gasteiger partial charge is 0.421 e. The molecule has 1 aliphatic rings. The minimum Gasteiger partial charge on any atom is -0.421 e. The van der Waals surface area contributed by atoms with Crippen molar-refractivity contribution in [3.8, 4) is 11.5 Å². The van der Waals surface area contributed by atoms with Crippen LogP contribution in [0.15, 0.2) is 62.8 Å². The van der Waals surface area contributed by atoms with Crippen molar-refractivity contribution in [3.63, 3.8) is 0 Å². The number of amides is 1. The van der Waals surface area contributed by atoms with E-state index < -0.39 is 10.0 Å². The molecule has 0 unspecified atom stereocenters. The third-order valence-corrected chi connectivity index (χ3v) is 6.26. The van der Waals surface area contributed by atoms with Gasteiger partial charge in [-0.05, 0) is 43.7 Å². The van der Waals surface area contributed by atoms with Crippen LogP contribution in [-0.2, 0) is 21.2 Å². The number of sulfonamides is 1. The first-order chi connectivity index (χ1) is 15.4. The van der Waals surface area contributed by atoms with Crippen LogP contribution < -0.4 is 10.0 Å². The zero-order chi connectivity index (χ0) is 22.6. The number of aromatic nitrogens is 2. The Kier molecular flexibility index (Phi) is 6.31. The highest BCUT2D eigenvalue weighted by atomic mass is 32.2. The van der Waals surface area contributed by atoms with E-state index in [2.05, 4.69) is 25.2 Å². The quantitative estimate of drug-likeness (QED) is 0.566. The maximum atomic E-state index is 12.5. The van der Waals surface area contributed by atoms with Crippen LogP contribution in [0.25, 0.3) is 11.5 Å². The smallest absolute Gasteiger partial charge is 0.262 e. The van der Waals surface area contributed by atoms with Crippen molar-refractivity contribution in [2.75, 3.05) is 11.9 Å². The summed E-state index contributed by atoms with van der Waals surface area (Å²) in [4.78, 5) is 16.5. The molecular weight excluding hydrogens is 430 g/mol. The molecule has 2 N–H and O–H groups in total. The van der Waals surface area contributed by atoms with E-state index in [1.165, 1.54) is 12.1 Å². The summed E-state index contributed by atoms with van der Waals surface area (Å²) in [6.45, 7) is 2.62. The third kappa shape index (κ3) is 5.38. The Morgan fingerprint density at radius 1 is 1.12 bits per heavy atom. The maximum Gasteiger partial charge on any atom is 0.262 e. The van der Waals surface area contributed by atoms with Crippen molar-refractivity contribution in [1.82, 2.24) is 14.9 Å². The molecule has 2 aromatic carbocycles.